The van der Waals surface area contributed by atoms with Crippen molar-refractivity contribution in [3.8, 4) is 0 Å². The molecule has 0 saturated heterocycles. The molecular formula is C20H37N. The molecule has 2 aliphatic rings. The van der Waals surface area contributed by atoms with Crippen LogP contribution in [0, 0.1) is 10.8 Å². The van der Waals surface area contributed by atoms with Crippen molar-refractivity contribution in [1.82, 2.24) is 5.32 Å². The molecule has 0 aromatic rings. The van der Waals surface area contributed by atoms with Crippen molar-refractivity contribution in [3.63, 3.8) is 0 Å². The molecule has 1 fully saturated rings. The highest BCUT2D eigenvalue weighted by Gasteiger charge is 2.54. The second-order valence-electron chi connectivity index (χ2n) is 7.79. The molecule has 0 aliphatic heterocycles. The van der Waals surface area contributed by atoms with Crippen molar-refractivity contribution >= 4 is 0 Å². The smallest absolute Gasteiger partial charge is 0.00472 e. The Morgan fingerprint density at radius 2 is 1.71 bits per heavy atom. The Morgan fingerprint density at radius 3 is 2.24 bits per heavy atom. The molecule has 21 heavy (non-hydrogen) atoms. The van der Waals surface area contributed by atoms with Crippen LogP contribution < -0.4 is 5.32 Å². The van der Waals surface area contributed by atoms with Crippen LogP contribution in [0.2, 0.25) is 0 Å². The Hall–Kier alpha value is -0.300. The van der Waals surface area contributed by atoms with Gasteiger partial charge in [-0.1, -0.05) is 45.3 Å². The molecule has 1 heteroatoms. The molecule has 0 amide bonds. The lowest BCUT2D eigenvalue weighted by Crippen LogP contribution is -2.53. The number of hydrogen-bond donors (Lipinski definition) is 1. The lowest BCUT2D eigenvalue weighted by Gasteiger charge is -2.59. The van der Waals surface area contributed by atoms with Gasteiger partial charge in [-0.05, 0) is 69.7 Å². The molecule has 0 bridgehead atoms. The third-order valence-corrected chi connectivity index (χ3v) is 5.85. The fourth-order valence-corrected chi connectivity index (χ4v) is 5.21. The van der Waals surface area contributed by atoms with Gasteiger partial charge in [0.2, 0.25) is 0 Å². The first-order valence-electron chi connectivity index (χ1n) is 9.60. The highest BCUT2D eigenvalue weighted by Crippen LogP contribution is 2.63. The van der Waals surface area contributed by atoms with Crippen LogP contribution in [-0.2, 0) is 0 Å². The van der Waals surface area contributed by atoms with E-state index in [0.29, 0.717) is 10.8 Å². The predicted octanol–water partition coefficient (Wildman–Crippen LogP) is 5.85. The fourth-order valence-electron chi connectivity index (χ4n) is 5.21. The summed E-state index contributed by atoms with van der Waals surface area (Å²) < 4.78 is 0. The van der Waals surface area contributed by atoms with Gasteiger partial charge in [0.05, 0.1) is 0 Å². The summed E-state index contributed by atoms with van der Waals surface area (Å²) in [5, 5.41) is 3.76. The lowest BCUT2D eigenvalue weighted by molar-refractivity contribution is -0.0304. The van der Waals surface area contributed by atoms with Crippen LogP contribution in [0.25, 0.3) is 0 Å². The largest absolute Gasteiger partial charge is 0.316 e. The van der Waals surface area contributed by atoms with Gasteiger partial charge in [0, 0.05) is 12.0 Å². The molecule has 1 nitrogen and oxygen atoms in total. The zero-order valence-corrected chi connectivity index (χ0v) is 14.8. The summed E-state index contributed by atoms with van der Waals surface area (Å²) in [4.78, 5) is 0. The number of hydrogen-bond acceptors (Lipinski definition) is 1. The van der Waals surface area contributed by atoms with E-state index in [4.69, 9.17) is 0 Å². The Kier molecular flexibility index (Phi) is 6.34. The molecule has 1 saturated carbocycles. The second-order valence-corrected chi connectivity index (χ2v) is 7.79. The summed E-state index contributed by atoms with van der Waals surface area (Å²) in [5.41, 5.74) is 3.02. The molecule has 1 N–H and O–H groups in total. The van der Waals surface area contributed by atoms with Crippen LogP contribution in [-0.4, -0.2) is 13.1 Å². The first-order chi connectivity index (χ1) is 10.2. The Morgan fingerprint density at radius 1 is 1.00 bits per heavy atom. The zero-order chi connectivity index (χ0) is 15.2. The molecular weight excluding hydrogens is 254 g/mol. The van der Waals surface area contributed by atoms with Crippen LogP contribution in [0.1, 0.15) is 91.4 Å². The summed E-state index contributed by atoms with van der Waals surface area (Å²) in [6, 6.07) is 0. The SMILES string of the molecule is CCCNCC1(C2=CCCCC2)CC(CCC)(CCC)C1. The van der Waals surface area contributed by atoms with Gasteiger partial charge in [0.1, 0.15) is 0 Å². The Bertz CT molecular complexity index is 328. The Balaban J connectivity index is 2.06. The van der Waals surface area contributed by atoms with E-state index in [0.717, 1.165) is 0 Å². The highest BCUT2D eigenvalue weighted by molar-refractivity contribution is 5.25. The minimum Gasteiger partial charge on any atom is -0.316 e. The average molecular weight is 292 g/mol. The second kappa shape index (κ2) is 7.81. The summed E-state index contributed by atoms with van der Waals surface area (Å²) in [5.74, 6) is 0. The van der Waals surface area contributed by atoms with E-state index in [-0.39, 0.29) is 0 Å². The highest BCUT2D eigenvalue weighted by atomic mass is 14.9. The van der Waals surface area contributed by atoms with Gasteiger partial charge in [-0.15, -0.1) is 0 Å². The monoisotopic (exact) mass is 291 g/mol. The molecule has 2 rings (SSSR count). The Labute approximate surface area is 133 Å². The van der Waals surface area contributed by atoms with Gasteiger partial charge in [-0.2, -0.15) is 0 Å². The average Bonchev–Trinajstić information content (AvgIpc) is 2.46. The fraction of sp³-hybridized carbons (Fsp3) is 0.900. The number of allylic oxidation sites excluding steroid dienone is 1. The van der Waals surface area contributed by atoms with Crippen molar-refractivity contribution in [3.05, 3.63) is 11.6 Å². The minimum atomic E-state index is 0.528. The van der Waals surface area contributed by atoms with Crippen LogP contribution in [0.15, 0.2) is 11.6 Å². The van der Waals surface area contributed by atoms with Crippen molar-refractivity contribution < 1.29 is 0 Å². The maximum Gasteiger partial charge on any atom is 0.00472 e. The van der Waals surface area contributed by atoms with Crippen LogP contribution in [0.5, 0.6) is 0 Å². The van der Waals surface area contributed by atoms with Crippen LogP contribution in [0.4, 0.5) is 0 Å². The molecule has 0 aromatic heterocycles. The lowest BCUT2D eigenvalue weighted by atomic mass is 9.47. The predicted molar refractivity (Wildman–Crippen MR) is 93.6 cm³/mol. The summed E-state index contributed by atoms with van der Waals surface area (Å²) >= 11 is 0. The third-order valence-electron chi connectivity index (χ3n) is 5.85. The molecule has 0 unspecified atom stereocenters. The molecule has 0 heterocycles. The topological polar surface area (TPSA) is 12.0 Å². The van der Waals surface area contributed by atoms with Gasteiger partial charge >= 0.3 is 0 Å². The summed E-state index contributed by atoms with van der Waals surface area (Å²) in [6.07, 6.45) is 18.0. The van der Waals surface area contributed by atoms with Crippen molar-refractivity contribution in [2.75, 3.05) is 13.1 Å². The quantitative estimate of drug-likeness (QED) is 0.415. The van der Waals surface area contributed by atoms with E-state index in [1.54, 1.807) is 0 Å². The minimum absolute atomic E-state index is 0.528. The molecule has 0 aromatic carbocycles. The molecule has 0 spiro atoms. The molecule has 2 aliphatic carbocycles. The van der Waals surface area contributed by atoms with Crippen molar-refractivity contribution in [2.45, 2.75) is 91.4 Å². The maximum atomic E-state index is 3.76. The van der Waals surface area contributed by atoms with E-state index < -0.39 is 0 Å². The van der Waals surface area contributed by atoms with Gasteiger partial charge < -0.3 is 5.32 Å². The van der Waals surface area contributed by atoms with E-state index >= 15 is 0 Å². The zero-order valence-electron chi connectivity index (χ0n) is 14.8. The normalized spacial score (nSPS) is 23.5. The van der Waals surface area contributed by atoms with E-state index in [1.165, 1.54) is 83.7 Å². The molecule has 0 radical (unpaired) electrons. The van der Waals surface area contributed by atoms with Gasteiger partial charge in [0.25, 0.3) is 0 Å². The first-order valence-corrected chi connectivity index (χ1v) is 9.60. The van der Waals surface area contributed by atoms with E-state index in [2.05, 4.69) is 32.2 Å². The summed E-state index contributed by atoms with van der Waals surface area (Å²) in [7, 11) is 0. The first kappa shape index (κ1) is 17.1. The van der Waals surface area contributed by atoms with Crippen molar-refractivity contribution in [1.29, 1.82) is 0 Å². The van der Waals surface area contributed by atoms with Gasteiger partial charge in [0.15, 0.2) is 0 Å². The standard InChI is InChI=1S/C20H37N/c1-4-12-19(13-5-2)15-20(16-19,17-21-14-6-3)18-10-8-7-9-11-18/h10,21H,4-9,11-17H2,1-3H3. The van der Waals surface area contributed by atoms with E-state index in [1.807, 2.05) is 5.57 Å². The number of rotatable bonds is 9. The van der Waals surface area contributed by atoms with E-state index in [9.17, 15) is 0 Å². The van der Waals surface area contributed by atoms with Gasteiger partial charge in [-0.25, -0.2) is 0 Å². The van der Waals surface area contributed by atoms with Gasteiger partial charge in [-0.3, -0.25) is 0 Å². The summed E-state index contributed by atoms with van der Waals surface area (Å²) in [6.45, 7) is 9.43. The third kappa shape index (κ3) is 3.92. The maximum absolute atomic E-state index is 3.76. The number of nitrogens with one attached hydrogen (secondary N) is 1. The molecule has 122 valence electrons. The van der Waals surface area contributed by atoms with Crippen molar-refractivity contribution in [2.24, 2.45) is 10.8 Å². The molecule has 0 atom stereocenters. The van der Waals surface area contributed by atoms with Crippen LogP contribution in [0.3, 0.4) is 0 Å². The van der Waals surface area contributed by atoms with Crippen LogP contribution >= 0.6 is 0 Å².